The maximum absolute atomic E-state index is 12.0. The van der Waals surface area contributed by atoms with Gasteiger partial charge in [0.15, 0.2) is 0 Å². The highest BCUT2D eigenvalue weighted by Gasteiger charge is 2.53. The van der Waals surface area contributed by atoms with Gasteiger partial charge in [-0.05, 0) is 63.3 Å². The van der Waals surface area contributed by atoms with Gasteiger partial charge in [-0.15, -0.1) is 11.6 Å². The molecule has 0 aromatic heterocycles. The average Bonchev–Trinajstić information content (AvgIpc) is 2.79. The van der Waals surface area contributed by atoms with Crippen molar-refractivity contribution in [2.75, 3.05) is 39.8 Å². The van der Waals surface area contributed by atoms with E-state index in [0.717, 1.165) is 58.4 Å². The van der Waals surface area contributed by atoms with Gasteiger partial charge in [-0.2, -0.15) is 0 Å². The lowest BCUT2D eigenvalue weighted by Gasteiger charge is -2.56. The van der Waals surface area contributed by atoms with Crippen LogP contribution in [0, 0.1) is 17.3 Å². The molecule has 37 heavy (non-hydrogen) atoms. The Hall–Kier alpha value is -0.0700. The van der Waals surface area contributed by atoms with Gasteiger partial charge in [-0.1, -0.05) is 34.6 Å². The fourth-order valence-electron chi connectivity index (χ4n) is 6.80. The summed E-state index contributed by atoms with van der Waals surface area (Å²) in [5, 5.41) is 23.3. The van der Waals surface area contributed by atoms with Crippen molar-refractivity contribution < 1.29 is 26.3 Å². The largest absolute Gasteiger partial charge is 0.412 e. The molecule has 2 heterocycles. The molecule has 2 aliphatic heterocycles. The summed E-state index contributed by atoms with van der Waals surface area (Å²) in [4.78, 5) is 2.59. The molecule has 0 aromatic carbocycles. The number of nitrogens with zero attached hydrogens (tertiary/aromatic N) is 1. The molecule has 224 valence electrons. The van der Waals surface area contributed by atoms with Crippen molar-refractivity contribution in [2.24, 2.45) is 17.3 Å². The zero-order chi connectivity index (χ0) is 24.9. The second-order valence-electron chi connectivity index (χ2n) is 12.3. The number of rotatable bonds is 10. The van der Waals surface area contributed by atoms with Crippen molar-refractivity contribution in [1.82, 2.24) is 20.9 Å². The minimum absolute atomic E-state index is 0. The van der Waals surface area contributed by atoms with Crippen LogP contribution in [-0.4, -0.2) is 102 Å². The van der Waals surface area contributed by atoms with E-state index in [0.29, 0.717) is 24.2 Å². The molecule has 3 aliphatic rings. The standard InChI is InChI=1S/C27H53ClN4O2.3H2O/c1-7-29-25-10-8-9-21(31-25)16-30-23(19(2)3)17-32-14-13-27(33,26(4,5)18-32)20-11-12-22(28)24(15-20)34-6;;;/h19-25,29-31,33H,7-18H2,1-6H3;3*1H2/t20?,21?,22?,23-,24?,25?,27?;;;/m0.../s1. The monoisotopic (exact) mass is 554 g/mol. The molecular formula is C27H59ClN4O5. The van der Waals surface area contributed by atoms with Crippen molar-refractivity contribution in [3.8, 4) is 0 Å². The maximum atomic E-state index is 12.0. The van der Waals surface area contributed by atoms with Gasteiger partial charge in [-0.25, -0.2) is 0 Å². The van der Waals surface area contributed by atoms with E-state index in [1.807, 2.05) is 0 Å². The van der Waals surface area contributed by atoms with Crippen LogP contribution >= 0.6 is 11.6 Å². The molecule has 0 bridgehead atoms. The molecule has 3 rings (SSSR count). The lowest BCUT2D eigenvalue weighted by Crippen LogP contribution is -2.63. The van der Waals surface area contributed by atoms with Crippen molar-refractivity contribution in [1.29, 1.82) is 0 Å². The molecule has 1 aliphatic carbocycles. The van der Waals surface area contributed by atoms with Gasteiger partial charge in [0, 0.05) is 50.8 Å². The summed E-state index contributed by atoms with van der Waals surface area (Å²) in [5.41, 5.74) is -0.829. The van der Waals surface area contributed by atoms with E-state index in [1.165, 1.54) is 19.3 Å². The first-order valence-electron chi connectivity index (χ1n) is 13.9. The van der Waals surface area contributed by atoms with Crippen LogP contribution in [0.2, 0.25) is 0 Å². The summed E-state index contributed by atoms with van der Waals surface area (Å²) >= 11 is 6.49. The summed E-state index contributed by atoms with van der Waals surface area (Å²) in [6.45, 7) is 16.3. The normalized spacial score (nSPS) is 35.1. The highest BCUT2D eigenvalue weighted by molar-refractivity contribution is 6.21. The minimum atomic E-state index is -0.661. The number of aliphatic hydroxyl groups is 1. The summed E-state index contributed by atoms with van der Waals surface area (Å²) in [6.07, 6.45) is 7.87. The number of ether oxygens (including phenoxy) is 1. The van der Waals surface area contributed by atoms with Crippen molar-refractivity contribution in [3.63, 3.8) is 0 Å². The molecule has 0 spiro atoms. The van der Waals surface area contributed by atoms with Crippen LogP contribution in [0.3, 0.4) is 0 Å². The van der Waals surface area contributed by atoms with Crippen LogP contribution in [-0.2, 0) is 4.74 Å². The van der Waals surface area contributed by atoms with E-state index < -0.39 is 5.60 Å². The first-order valence-corrected chi connectivity index (χ1v) is 14.4. The highest BCUT2D eigenvalue weighted by Crippen LogP contribution is 2.49. The van der Waals surface area contributed by atoms with Gasteiger partial charge >= 0.3 is 0 Å². The van der Waals surface area contributed by atoms with Crippen LogP contribution in [0.25, 0.3) is 0 Å². The predicted octanol–water partition coefficient (Wildman–Crippen LogP) is 1.09. The Bertz CT molecular complexity index is 630. The summed E-state index contributed by atoms with van der Waals surface area (Å²) in [6, 6.07) is 0.987. The Morgan fingerprint density at radius 1 is 1.14 bits per heavy atom. The van der Waals surface area contributed by atoms with E-state index in [4.69, 9.17) is 16.3 Å². The van der Waals surface area contributed by atoms with Crippen LogP contribution in [0.4, 0.5) is 0 Å². The number of hydrogen-bond acceptors (Lipinski definition) is 6. The first-order chi connectivity index (χ1) is 16.1. The number of hydrogen-bond donors (Lipinski definition) is 4. The molecule has 10 heteroatoms. The fraction of sp³-hybridized carbons (Fsp3) is 1.00. The lowest BCUT2D eigenvalue weighted by molar-refractivity contribution is -0.170. The molecule has 0 aromatic rings. The Morgan fingerprint density at radius 2 is 1.84 bits per heavy atom. The zero-order valence-corrected chi connectivity index (χ0v) is 25.0. The van der Waals surface area contributed by atoms with Gasteiger partial charge in [0.05, 0.1) is 23.2 Å². The van der Waals surface area contributed by atoms with E-state index in [2.05, 4.69) is 55.5 Å². The fourth-order valence-corrected chi connectivity index (χ4v) is 7.13. The number of piperidine rings is 2. The molecule has 0 radical (unpaired) electrons. The molecule has 10 N–H and O–H groups in total. The average molecular weight is 555 g/mol. The molecule has 6 unspecified atom stereocenters. The first kappa shape index (κ1) is 36.9. The predicted molar refractivity (Wildman–Crippen MR) is 153 cm³/mol. The minimum Gasteiger partial charge on any atom is -0.412 e. The second kappa shape index (κ2) is 16.3. The van der Waals surface area contributed by atoms with E-state index >= 15 is 0 Å². The molecule has 7 atom stereocenters. The van der Waals surface area contributed by atoms with Crippen LogP contribution in [0.1, 0.15) is 79.6 Å². The number of halogens is 1. The van der Waals surface area contributed by atoms with Crippen LogP contribution < -0.4 is 16.0 Å². The third-order valence-electron chi connectivity index (χ3n) is 9.11. The van der Waals surface area contributed by atoms with Gasteiger partial charge < -0.3 is 41.8 Å². The van der Waals surface area contributed by atoms with Crippen molar-refractivity contribution >= 4 is 11.6 Å². The molecule has 3 fully saturated rings. The third-order valence-corrected chi connectivity index (χ3v) is 9.61. The Morgan fingerprint density at radius 3 is 2.43 bits per heavy atom. The van der Waals surface area contributed by atoms with Gasteiger partial charge in [0.25, 0.3) is 0 Å². The summed E-state index contributed by atoms with van der Waals surface area (Å²) in [5.74, 6) is 0.823. The maximum Gasteiger partial charge on any atom is 0.0751 e. The number of methoxy groups -OCH3 is 1. The SMILES string of the molecule is CCNC1CCCC(CN[C@@H](CN2CCC(O)(C3CCC(Cl)C(OC)C3)C(C)(C)C2)C(C)C)N1.O.O.O. The molecule has 1 saturated carbocycles. The van der Waals surface area contributed by atoms with Gasteiger partial charge in [0.2, 0.25) is 0 Å². The Labute approximate surface area is 230 Å². The quantitative estimate of drug-likeness (QED) is 0.295. The second-order valence-corrected chi connectivity index (χ2v) is 12.8. The number of nitrogens with one attached hydrogen (secondary N) is 3. The summed E-state index contributed by atoms with van der Waals surface area (Å²) < 4.78 is 5.66. The van der Waals surface area contributed by atoms with Crippen LogP contribution in [0.5, 0.6) is 0 Å². The molecule has 2 saturated heterocycles. The Kier molecular flexibility index (Phi) is 16.2. The Balaban J connectivity index is 0.00000432. The smallest absolute Gasteiger partial charge is 0.0751 e. The lowest BCUT2D eigenvalue weighted by atomic mass is 9.60. The number of likely N-dealkylation sites (tertiary alicyclic amines) is 1. The van der Waals surface area contributed by atoms with Crippen molar-refractivity contribution in [3.05, 3.63) is 0 Å². The van der Waals surface area contributed by atoms with E-state index in [9.17, 15) is 5.11 Å². The third kappa shape index (κ3) is 9.23. The van der Waals surface area contributed by atoms with E-state index in [1.54, 1.807) is 7.11 Å². The molecular weight excluding hydrogens is 496 g/mol. The van der Waals surface area contributed by atoms with Crippen molar-refractivity contribution in [2.45, 2.75) is 115 Å². The topological polar surface area (TPSA) is 163 Å². The molecule has 0 amide bonds. The summed E-state index contributed by atoms with van der Waals surface area (Å²) in [7, 11) is 1.75. The van der Waals surface area contributed by atoms with Crippen LogP contribution in [0.15, 0.2) is 0 Å². The van der Waals surface area contributed by atoms with E-state index in [-0.39, 0.29) is 39.2 Å². The zero-order valence-electron chi connectivity index (χ0n) is 24.2. The highest BCUT2D eigenvalue weighted by atomic mass is 35.5. The van der Waals surface area contributed by atoms with Gasteiger partial charge in [0.1, 0.15) is 0 Å². The molecule has 9 nitrogen and oxygen atoms in total. The van der Waals surface area contributed by atoms with Gasteiger partial charge in [-0.3, -0.25) is 5.32 Å². The number of alkyl halides is 1.